The molecule has 2 saturated heterocycles. The molecule has 2 aliphatic rings. The van der Waals surface area contributed by atoms with E-state index in [4.69, 9.17) is 9.40 Å². The Hall–Kier alpha value is -3.19. The summed E-state index contributed by atoms with van der Waals surface area (Å²) in [4.78, 5) is 29.2. The SMILES string of the molecule is Cc1nc(-c2ccc(N3CCCC(Cc4cccnc4N4CCN(C)CC4)C3=O)cc2)co1. The monoisotopic (exact) mass is 445 g/mol. The minimum atomic E-state index is -0.0213. The lowest BCUT2D eigenvalue weighted by molar-refractivity contribution is -0.123. The highest BCUT2D eigenvalue weighted by atomic mass is 16.3. The summed E-state index contributed by atoms with van der Waals surface area (Å²) in [6.45, 7) is 6.62. The van der Waals surface area contributed by atoms with Crippen molar-refractivity contribution in [1.82, 2.24) is 14.9 Å². The van der Waals surface area contributed by atoms with Gasteiger partial charge < -0.3 is 19.1 Å². The number of hydrogen-bond acceptors (Lipinski definition) is 6. The highest BCUT2D eigenvalue weighted by molar-refractivity contribution is 5.96. The van der Waals surface area contributed by atoms with E-state index in [0.29, 0.717) is 5.89 Å². The average molecular weight is 446 g/mol. The molecule has 1 amide bonds. The van der Waals surface area contributed by atoms with Crippen LogP contribution >= 0.6 is 0 Å². The van der Waals surface area contributed by atoms with Crippen LogP contribution in [0.2, 0.25) is 0 Å². The molecule has 33 heavy (non-hydrogen) atoms. The average Bonchev–Trinajstić information content (AvgIpc) is 3.28. The number of oxazole rings is 1. The quantitative estimate of drug-likeness (QED) is 0.596. The van der Waals surface area contributed by atoms with Crippen molar-refractivity contribution >= 4 is 17.4 Å². The summed E-state index contributed by atoms with van der Waals surface area (Å²) in [5.41, 5.74) is 3.93. The number of carbonyl (C=O) groups excluding carboxylic acids is 1. The summed E-state index contributed by atoms with van der Waals surface area (Å²) < 4.78 is 5.33. The molecular weight excluding hydrogens is 414 g/mol. The second-order valence-corrected chi connectivity index (χ2v) is 9.11. The molecule has 0 radical (unpaired) electrons. The third-order valence-electron chi connectivity index (χ3n) is 6.78. The number of aromatic nitrogens is 2. The van der Waals surface area contributed by atoms with Gasteiger partial charge >= 0.3 is 0 Å². The van der Waals surface area contributed by atoms with Crippen molar-refractivity contribution in [2.75, 3.05) is 49.6 Å². The Bertz CT molecular complexity index is 1100. The van der Waals surface area contributed by atoms with Crippen molar-refractivity contribution in [3.05, 3.63) is 60.3 Å². The number of carbonyl (C=O) groups is 1. The molecule has 1 atom stereocenters. The fraction of sp³-hybridized carbons (Fsp3) is 0.423. The van der Waals surface area contributed by atoms with Crippen LogP contribution in [0.1, 0.15) is 24.3 Å². The smallest absolute Gasteiger partial charge is 0.230 e. The summed E-state index contributed by atoms with van der Waals surface area (Å²) >= 11 is 0. The molecule has 2 fully saturated rings. The van der Waals surface area contributed by atoms with Gasteiger partial charge in [0.15, 0.2) is 5.89 Å². The van der Waals surface area contributed by atoms with Crippen LogP contribution in [0.5, 0.6) is 0 Å². The van der Waals surface area contributed by atoms with Gasteiger partial charge in [0, 0.05) is 63.0 Å². The number of hydrogen-bond donors (Lipinski definition) is 0. The van der Waals surface area contributed by atoms with E-state index < -0.39 is 0 Å². The zero-order valence-electron chi connectivity index (χ0n) is 19.4. The Morgan fingerprint density at radius 1 is 1.06 bits per heavy atom. The molecule has 7 heteroatoms. The summed E-state index contributed by atoms with van der Waals surface area (Å²) in [6.07, 6.45) is 6.19. The standard InChI is InChI=1S/C26H31N5O2/c1-19-28-24(18-33-19)20-7-9-23(10-8-20)31-12-4-6-22(26(31)32)17-21-5-3-11-27-25(21)30-15-13-29(2)14-16-30/h3,5,7-11,18,22H,4,6,12-17H2,1-2H3. The largest absolute Gasteiger partial charge is 0.449 e. The van der Waals surface area contributed by atoms with Crippen molar-refractivity contribution in [1.29, 1.82) is 0 Å². The van der Waals surface area contributed by atoms with Gasteiger partial charge in [-0.1, -0.05) is 18.2 Å². The number of piperazine rings is 1. The van der Waals surface area contributed by atoms with Gasteiger partial charge in [0.05, 0.1) is 0 Å². The lowest BCUT2D eigenvalue weighted by Gasteiger charge is -2.35. The molecule has 0 N–H and O–H groups in total. The number of benzene rings is 1. The second kappa shape index (κ2) is 9.35. The molecule has 1 aromatic carbocycles. The van der Waals surface area contributed by atoms with E-state index in [-0.39, 0.29) is 11.8 Å². The normalized spacial score (nSPS) is 19.8. The Labute approximate surface area is 195 Å². The number of likely N-dealkylation sites (N-methyl/N-ethyl adjacent to an activating group) is 1. The van der Waals surface area contributed by atoms with Gasteiger partial charge in [-0.25, -0.2) is 9.97 Å². The highest BCUT2D eigenvalue weighted by Gasteiger charge is 2.31. The van der Waals surface area contributed by atoms with Gasteiger partial charge in [0.25, 0.3) is 0 Å². The summed E-state index contributed by atoms with van der Waals surface area (Å²) in [5, 5.41) is 0. The van der Waals surface area contributed by atoms with Crippen LogP contribution in [-0.2, 0) is 11.2 Å². The zero-order valence-corrected chi connectivity index (χ0v) is 19.4. The van der Waals surface area contributed by atoms with Gasteiger partial charge in [-0.05, 0) is 50.1 Å². The molecule has 7 nitrogen and oxygen atoms in total. The Kier molecular flexibility index (Phi) is 6.13. The molecule has 4 heterocycles. The summed E-state index contributed by atoms with van der Waals surface area (Å²) in [7, 11) is 2.16. The molecule has 5 rings (SSSR count). The van der Waals surface area contributed by atoms with Crippen LogP contribution in [0.3, 0.4) is 0 Å². The molecule has 2 aromatic heterocycles. The predicted octanol–water partition coefficient (Wildman–Crippen LogP) is 3.78. The maximum Gasteiger partial charge on any atom is 0.230 e. The lowest BCUT2D eigenvalue weighted by Crippen LogP contribution is -2.45. The molecule has 1 unspecified atom stereocenters. The van der Waals surface area contributed by atoms with E-state index in [9.17, 15) is 4.79 Å². The fourth-order valence-corrected chi connectivity index (χ4v) is 4.86. The molecular formula is C26H31N5O2. The number of pyridine rings is 1. The minimum Gasteiger partial charge on any atom is -0.449 e. The van der Waals surface area contributed by atoms with Crippen molar-refractivity contribution in [2.24, 2.45) is 5.92 Å². The lowest BCUT2D eigenvalue weighted by atomic mass is 9.90. The number of amides is 1. The Morgan fingerprint density at radius 3 is 2.58 bits per heavy atom. The first-order valence-electron chi connectivity index (χ1n) is 11.8. The van der Waals surface area contributed by atoms with E-state index in [1.54, 1.807) is 6.26 Å². The maximum absolute atomic E-state index is 13.5. The molecule has 0 aliphatic carbocycles. The number of piperidine rings is 1. The van der Waals surface area contributed by atoms with E-state index >= 15 is 0 Å². The number of aryl methyl sites for hydroxylation is 1. The van der Waals surface area contributed by atoms with Gasteiger partial charge in [-0.3, -0.25) is 4.79 Å². The van der Waals surface area contributed by atoms with Gasteiger partial charge in [0.1, 0.15) is 17.8 Å². The number of anilines is 2. The first-order valence-corrected chi connectivity index (χ1v) is 11.8. The van der Waals surface area contributed by atoms with Gasteiger partial charge in [-0.15, -0.1) is 0 Å². The zero-order chi connectivity index (χ0) is 22.8. The van der Waals surface area contributed by atoms with Crippen LogP contribution in [0.4, 0.5) is 11.5 Å². The highest BCUT2D eigenvalue weighted by Crippen LogP contribution is 2.31. The molecule has 172 valence electrons. The van der Waals surface area contributed by atoms with Crippen molar-refractivity contribution in [3.63, 3.8) is 0 Å². The number of nitrogens with zero attached hydrogens (tertiary/aromatic N) is 5. The minimum absolute atomic E-state index is 0.0213. The number of rotatable bonds is 5. The van der Waals surface area contributed by atoms with E-state index in [1.165, 1.54) is 5.56 Å². The first-order chi connectivity index (χ1) is 16.1. The third kappa shape index (κ3) is 4.64. The van der Waals surface area contributed by atoms with Gasteiger partial charge in [-0.2, -0.15) is 0 Å². The topological polar surface area (TPSA) is 65.7 Å². The molecule has 0 spiro atoms. The summed E-state index contributed by atoms with van der Waals surface area (Å²) in [5.74, 6) is 1.88. The third-order valence-corrected chi connectivity index (χ3v) is 6.78. The Morgan fingerprint density at radius 2 is 1.85 bits per heavy atom. The van der Waals surface area contributed by atoms with Crippen molar-refractivity contribution in [3.8, 4) is 11.3 Å². The fourth-order valence-electron chi connectivity index (χ4n) is 4.86. The molecule has 0 saturated carbocycles. The summed E-state index contributed by atoms with van der Waals surface area (Å²) in [6, 6.07) is 12.2. The maximum atomic E-state index is 13.5. The molecule has 3 aromatic rings. The van der Waals surface area contributed by atoms with Crippen LogP contribution in [0.25, 0.3) is 11.3 Å². The van der Waals surface area contributed by atoms with E-state index in [2.05, 4.69) is 27.9 Å². The first kappa shape index (κ1) is 21.6. The Balaban J connectivity index is 1.31. The molecule has 0 bridgehead atoms. The predicted molar refractivity (Wildman–Crippen MR) is 129 cm³/mol. The van der Waals surface area contributed by atoms with E-state index in [1.807, 2.05) is 48.4 Å². The van der Waals surface area contributed by atoms with Crippen LogP contribution in [0, 0.1) is 12.8 Å². The van der Waals surface area contributed by atoms with Crippen LogP contribution in [0.15, 0.2) is 53.3 Å². The van der Waals surface area contributed by atoms with Crippen molar-refractivity contribution < 1.29 is 9.21 Å². The van der Waals surface area contributed by atoms with E-state index in [0.717, 1.165) is 74.7 Å². The van der Waals surface area contributed by atoms with Gasteiger partial charge in [0.2, 0.25) is 5.91 Å². The second-order valence-electron chi connectivity index (χ2n) is 9.11. The molecule has 2 aliphatic heterocycles. The van der Waals surface area contributed by atoms with Crippen molar-refractivity contribution in [2.45, 2.75) is 26.2 Å². The van der Waals surface area contributed by atoms with Crippen LogP contribution in [-0.4, -0.2) is 60.5 Å². The van der Waals surface area contributed by atoms with Crippen LogP contribution < -0.4 is 9.80 Å².